The minimum absolute atomic E-state index is 0. The number of rotatable bonds is 4. The molecule has 0 bridgehead atoms. The van der Waals surface area contributed by atoms with Gasteiger partial charge in [0.1, 0.15) is 11.6 Å². The number of halogens is 1. The van der Waals surface area contributed by atoms with Crippen LogP contribution in [0.5, 0.6) is 0 Å². The molecule has 1 aliphatic rings. The maximum atomic E-state index is 5.60. The molecular formula is C14H26ClN5. The van der Waals surface area contributed by atoms with Gasteiger partial charge < -0.3 is 10.6 Å². The number of piperazine rings is 1. The molecule has 0 radical (unpaired) electrons. The van der Waals surface area contributed by atoms with E-state index in [1.54, 1.807) is 0 Å². The first-order valence-corrected chi connectivity index (χ1v) is 7.13. The van der Waals surface area contributed by atoms with Crippen LogP contribution in [0, 0.1) is 6.92 Å². The standard InChI is InChI=1S/C14H25N5.ClH/c1-11(2)14-16-12(3)10-13(17-14)19-8-6-18(5-4-15)7-9-19;/h10-11H,4-9,15H2,1-3H3;1H. The first-order valence-electron chi connectivity index (χ1n) is 7.13. The van der Waals surface area contributed by atoms with Crippen molar-refractivity contribution in [3.05, 3.63) is 17.6 Å². The van der Waals surface area contributed by atoms with E-state index < -0.39 is 0 Å². The summed E-state index contributed by atoms with van der Waals surface area (Å²) in [5.41, 5.74) is 6.66. The number of anilines is 1. The van der Waals surface area contributed by atoms with Gasteiger partial charge in [-0.25, -0.2) is 9.97 Å². The molecule has 1 aromatic rings. The van der Waals surface area contributed by atoms with Crippen molar-refractivity contribution in [1.29, 1.82) is 0 Å². The van der Waals surface area contributed by atoms with Crippen LogP contribution in [-0.4, -0.2) is 54.1 Å². The van der Waals surface area contributed by atoms with Crippen LogP contribution in [0.1, 0.15) is 31.3 Å². The highest BCUT2D eigenvalue weighted by molar-refractivity contribution is 5.85. The van der Waals surface area contributed by atoms with Crippen LogP contribution in [0.3, 0.4) is 0 Å². The Balaban J connectivity index is 0.00000200. The average molecular weight is 300 g/mol. The summed E-state index contributed by atoms with van der Waals surface area (Å²) in [6, 6.07) is 2.09. The van der Waals surface area contributed by atoms with Gasteiger partial charge in [-0.1, -0.05) is 13.8 Å². The molecule has 1 saturated heterocycles. The van der Waals surface area contributed by atoms with E-state index in [0.717, 1.165) is 56.6 Å². The summed E-state index contributed by atoms with van der Waals surface area (Å²) in [6.07, 6.45) is 0. The Labute approximate surface area is 128 Å². The van der Waals surface area contributed by atoms with E-state index >= 15 is 0 Å². The monoisotopic (exact) mass is 299 g/mol. The number of aryl methyl sites for hydroxylation is 1. The molecule has 0 amide bonds. The van der Waals surface area contributed by atoms with Crippen LogP contribution < -0.4 is 10.6 Å². The van der Waals surface area contributed by atoms with E-state index in [4.69, 9.17) is 10.7 Å². The molecular weight excluding hydrogens is 274 g/mol. The molecule has 1 aliphatic heterocycles. The summed E-state index contributed by atoms with van der Waals surface area (Å²) in [5.74, 6) is 2.39. The van der Waals surface area contributed by atoms with Crippen molar-refractivity contribution in [2.24, 2.45) is 5.73 Å². The molecule has 2 N–H and O–H groups in total. The van der Waals surface area contributed by atoms with Crippen LogP contribution in [0.2, 0.25) is 0 Å². The van der Waals surface area contributed by atoms with Crippen LogP contribution >= 0.6 is 12.4 Å². The van der Waals surface area contributed by atoms with Crippen molar-refractivity contribution in [2.75, 3.05) is 44.2 Å². The second-order valence-corrected chi connectivity index (χ2v) is 5.50. The average Bonchev–Trinajstić information content (AvgIpc) is 2.39. The van der Waals surface area contributed by atoms with Crippen molar-refractivity contribution >= 4 is 18.2 Å². The predicted molar refractivity (Wildman–Crippen MR) is 85.8 cm³/mol. The summed E-state index contributed by atoms with van der Waals surface area (Å²) in [6.45, 7) is 12.2. The first kappa shape index (κ1) is 17.1. The third kappa shape index (κ3) is 4.30. The summed E-state index contributed by atoms with van der Waals surface area (Å²) in [5, 5.41) is 0. The molecule has 0 aromatic carbocycles. The third-order valence-corrected chi connectivity index (χ3v) is 3.52. The Kier molecular flexibility index (Phi) is 6.65. The molecule has 0 aliphatic carbocycles. The van der Waals surface area contributed by atoms with Crippen LogP contribution in [-0.2, 0) is 0 Å². The smallest absolute Gasteiger partial charge is 0.133 e. The van der Waals surface area contributed by atoms with Crippen molar-refractivity contribution < 1.29 is 0 Å². The maximum absolute atomic E-state index is 5.60. The van der Waals surface area contributed by atoms with E-state index in [2.05, 4.69) is 34.7 Å². The van der Waals surface area contributed by atoms with Crippen LogP contribution in [0.15, 0.2) is 6.07 Å². The predicted octanol–water partition coefficient (Wildman–Crippen LogP) is 1.41. The normalized spacial score (nSPS) is 16.4. The third-order valence-electron chi connectivity index (χ3n) is 3.52. The highest BCUT2D eigenvalue weighted by Gasteiger charge is 2.18. The van der Waals surface area contributed by atoms with Crippen LogP contribution in [0.25, 0.3) is 0 Å². The van der Waals surface area contributed by atoms with Crippen molar-refractivity contribution in [3.63, 3.8) is 0 Å². The number of hydrogen-bond donors (Lipinski definition) is 1. The Morgan fingerprint density at radius 2 is 1.85 bits per heavy atom. The van der Waals surface area contributed by atoms with Gasteiger partial charge in [0.15, 0.2) is 0 Å². The molecule has 1 fully saturated rings. The largest absolute Gasteiger partial charge is 0.354 e. The minimum Gasteiger partial charge on any atom is -0.354 e. The lowest BCUT2D eigenvalue weighted by Gasteiger charge is -2.35. The molecule has 0 saturated carbocycles. The maximum Gasteiger partial charge on any atom is 0.133 e. The summed E-state index contributed by atoms with van der Waals surface area (Å²) >= 11 is 0. The van der Waals surface area contributed by atoms with Gasteiger partial charge in [-0.2, -0.15) is 0 Å². The minimum atomic E-state index is 0. The van der Waals surface area contributed by atoms with Gasteiger partial charge in [-0.15, -0.1) is 12.4 Å². The van der Waals surface area contributed by atoms with E-state index in [1.807, 2.05) is 6.92 Å². The van der Waals surface area contributed by atoms with Gasteiger partial charge in [0.05, 0.1) is 0 Å². The van der Waals surface area contributed by atoms with E-state index in [9.17, 15) is 0 Å². The fourth-order valence-corrected chi connectivity index (χ4v) is 2.38. The van der Waals surface area contributed by atoms with E-state index in [0.29, 0.717) is 5.92 Å². The van der Waals surface area contributed by atoms with Crippen molar-refractivity contribution in [1.82, 2.24) is 14.9 Å². The lowest BCUT2D eigenvalue weighted by molar-refractivity contribution is 0.264. The number of nitrogens with two attached hydrogens (primary N) is 1. The number of aromatic nitrogens is 2. The molecule has 0 unspecified atom stereocenters. The molecule has 2 heterocycles. The zero-order valence-electron chi connectivity index (χ0n) is 12.7. The quantitative estimate of drug-likeness (QED) is 0.911. The molecule has 6 heteroatoms. The van der Waals surface area contributed by atoms with Gasteiger partial charge in [0.25, 0.3) is 0 Å². The zero-order chi connectivity index (χ0) is 13.8. The Morgan fingerprint density at radius 3 is 2.40 bits per heavy atom. The highest BCUT2D eigenvalue weighted by Crippen LogP contribution is 2.18. The second-order valence-electron chi connectivity index (χ2n) is 5.50. The summed E-state index contributed by atoms with van der Waals surface area (Å²) in [4.78, 5) is 14.0. The van der Waals surface area contributed by atoms with E-state index in [1.165, 1.54) is 0 Å². The van der Waals surface area contributed by atoms with Crippen molar-refractivity contribution in [3.8, 4) is 0 Å². The second kappa shape index (κ2) is 7.76. The Hall–Kier alpha value is -0.910. The topological polar surface area (TPSA) is 58.3 Å². The Morgan fingerprint density at radius 1 is 1.20 bits per heavy atom. The summed E-state index contributed by atoms with van der Waals surface area (Å²) in [7, 11) is 0. The molecule has 1 aromatic heterocycles. The lowest BCUT2D eigenvalue weighted by atomic mass is 10.2. The van der Waals surface area contributed by atoms with Gasteiger partial charge >= 0.3 is 0 Å². The molecule has 2 rings (SSSR count). The molecule has 20 heavy (non-hydrogen) atoms. The highest BCUT2D eigenvalue weighted by atomic mass is 35.5. The SMILES string of the molecule is Cc1cc(N2CCN(CCN)CC2)nc(C(C)C)n1.Cl. The Bertz CT molecular complexity index is 416. The molecule has 0 atom stereocenters. The van der Waals surface area contributed by atoms with Gasteiger partial charge in [0.2, 0.25) is 0 Å². The van der Waals surface area contributed by atoms with Gasteiger partial charge in [0, 0.05) is 56.9 Å². The fraction of sp³-hybridized carbons (Fsp3) is 0.714. The van der Waals surface area contributed by atoms with Crippen LogP contribution in [0.4, 0.5) is 5.82 Å². The molecule has 114 valence electrons. The van der Waals surface area contributed by atoms with Crippen molar-refractivity contribution in [2.45, 2.75) is 26.7 Å². The van der Waals surface area contributed by atoms with Gasteiger partial charge in [-0.3, -0.25) is 4.90 Å². The lowest BCUT2D eigenvalue weighted by Crippen LogP contribution is -2.48. The van der Waals surface area contributed by atoms with Gasteiger partial charge in [-0.05, 0) is 6.92 Å². The van der Waals surface area contributed by atoms with E-state index in [-0.39, 0.29) is 12.4 Å². The number of hydrogen-bond acceptors (Lipinski definition) is 5. The molecule has 5 nitrogen and oxygen atoms in total. The first-order chi connectivity index (χ1) is 9.10. The number of nitrogens with zero attached hydrogens (tertiary/aromatic N) is 4. The zero-order valence-corrected chi connectivity index (χ0v) is 13.5. The summed E-state index contributed by atoms with van der Waals surface area (Å²) < 4.78 is 0. The molecule has 0 spiro atoms. The fourth-order valence-electron chi connectivity index (χ4n) is 2.38.